The highest BCUT2D eigenvalue weighted by molar-refractivity contribution is 5.53. The van der Waals surface area contributed by atoms with Gasteiger partial charge in [0.25, 0.3) is 0 Å². The van der Waals surface area contributed by atoms with E-state index in [1.54, 1.807) is 0 Å². The summed E-state index contributed by atoms with van der Waals surface area (Å²) in [5.41, 5.74) is 6.47. The highest BCUT2D eigenvalue weighted by Gasteiger charge is 2.26. The summed E-state index contributed by atoms with van der Waals surface area (Å²) in [6.07, 6.45) is 1.42. The predicted molar refractivity (Wildman–Crippen MR) is 188 cm³/mol. The molecule has 0 spiro atoms. The summed E-state index contributed by atoms with van der Waals surface area (Å²) in [5, 5.41) is 0. The van der Waals surface area contributed by atoms with Crippen LogP contribution in [0.15, 0.2) is 152 Å². The van der Waals surface area contributed by atoms with Crippen molar-refractivity contribution in [3.05, 3.63) is 185 Å². The Morgan fingerprint density at radius 1 is 0.458 bits per heavy atom. The molecule has 1 aliphatic heterocycles. The summed E-state index contributed by atoms with van der Waals surface area (Å²) >= 11 is 0. The van der Waals surface area contributed by atoms with E-state index >= 15 is 0 Å². The van der Waals surface area contributed by atoms with Crippen LogP contribution >= 0.6 is 0 Å². The molecule has 0 aliphatic carbocycles. The molecule has 1 aliphatic rings. The summed E-state index contributed by atoms with van der Waals surface area (Å²) in [5.74, 6) is 3.65. The summed E-state index contributed by atoms with van der Waals surface area (Å²) in [4.78, 5) is 0. The summed E-state index contributed by atoms with van der Waals surface area (Å²) < 4.78 is 32.0. The van der Waals surface area contributed by atoms with Crippen LogP contribution in [0.3, 0.4) is 0 Å². The fourth-order valence-corrected chi connectivity index (χ4v) is 5.79. The van der Waals surface area contributed by atoms with Crippen LogP contribution in [0.4, 0.5) is 0 Å². The van der Waals surface area contributed by atoms with Crippen molar-refractivity contribution >= 4 is 0 Å². The lowest BCUT2D eigenvalue weighted by molar-refractivity contribution is 0.170. The predicted octanol–water partition coefficient (Wildman–Crippen LogP) is 10.1. The van der Waals surface area contributed by atoms with E-state index < -0.39 is 0 Å². The molecule has 0 radical (unpaired) electrons. The lowest BCUT2D eigenvalue weighted by Crippen LogP contribution is -2.16. The van der Waals surface area contributed by atoms with Gasteiger partial charge in [0.1, 0.15) is 49.8 Å². The minimum Gasteiger partial charge on any atom is -0.489 e. The van der Waals surface area contributed by atoms with Crippen molar-refractivity contribution in [1.82, 2.24) is 0 Å². The first-order valence-corrected chi connectivity index (χ1v) is 16.4. The van der Waals surface area contributed by atoms with Gasteiger partial charge in [0.2, 0.25) is 0 Å². The molecule has 1 unspecified atom stereocenters. The molecule has 0 aromatic heterocycles. The number of fused-ring (bicyclic) bond motifs is 1. The molecule has 0 saturated heterocycles. The number of hydrogen-bond donors (Lipinski definition) is 0. The molecule has 0 saturated carbocycles. The Bertz CT molecular complexity index is 1890. The van der Waals surface area contributed by atoms with Crippen molar-refractivity contribution < 1.29 is 23.7 Å². The Morgan fingerprint density at radius 3 is 1.48 bits per heavy atom. The van der Waals surface area contributed by atoms with Gasteiger partial charge in [-0.25, -0.2) is 0 Å². The Labute approximate surface area is 282 Å². The molecule has 0 N–H and O–H groups in total. The van der Waals surface area contributed by atoms with Gasteiger partial charge in [-0.05, 0) is 52.8 Å². The maximum absolute atomic E-state index is 6.73. The average Bonchev–Trinajstić information content (AvgIpc) is 3.16. The third-order valence-corrected chi connectivity index (χ3v) is 8.37. The van der Waals surface area contributed by atoms with E-state index in [2.05, 4.69) is 60.7 Å². The SMILES string of the molecule is c1ccc(COc2cc(OCc3ccccc3)c3c(c2)OC(c2ccc(OCc4ccccc4)c(OCc4ccccc4)c2)CC3)cc1. The molecule has 48 heavy (non-hydrogen) atoms. The Hall–Kier alpha value is -5.68. The van der Waals surface area contributed by atoms with Crippen molar-refractivity contribution in [1.29, 1.82) is 0 Å². The molecule has 7 rings (SSSR count). The van der Waals surface area contributed by atoms with Crippen LogP contribution in [0.1, 0.15) is 45.9 Å². The summed E-state index contributed by atoms with van der Waals surface area (Å²) in [6.45, 7) is 1.80. The molecule has 5 nitrogen and oxygen atoms in total. The van der Waals surface area contributed by atoms with Crippen molar-refractivity contribution in [2.75, 3.05) is 0 Å². The van der Waals surface area contributed by atoms with Crippen molar-refractivity contribution in [3.63, 3.8) is 0 Å². The monoisotopic (exact) mass is 634 g/mol. The standard InChI is InChI=1S/C43H38O5/c1-5-13-32(14-6-1)28-44-37-26-41(46-30-34-17-9-3-10-18-34)38-22-24-39(48-42(38)27-37)36-21-23-40(45-29-33-15-7-2-8-16-33)43(25-36)47-31-35-19-11-4-12-20-35/h1-21,23,25-27,39H,22,24,28-31H2. The van der Waals surface area contributed by atoms with Crippen LogP contribution in [-0.4, -0.2) is 0 Å². The highest BCUT2D eigenvalue weighted by atomic mass is 16.5. The van der Waals surface area contributed by atoms with Gasteiger partial charge in [0, 0.05) is 17.7 Å². The zero-order valence-corrected chi connectivity index (χ0v) is 26.8. The van der Waals surface area contributed by atoms with Crippen molar-refractivity contribution in [2.45, 2.75) is 45.4 Å². The maximum Gasteiger partial charge on any atom is 0.162 e. The van der Waals surface area contributed by atoms with Crippen LogP contribution < -0.4 is 23.7 Å². The number of hydrogen-bond acceptors (Lipinski definition) is 5. The Kier molecular flexibility index (Phi) is 9.85. The van der Waals surface area contributed by atoms with Crippen LogP contribution in [-0.2, 0) is 32.8 Å². The smallest absolute Gasteiger partial charge is 0.162 e. The van der Waals surface area contributed by atoms with Gasteiger partial charge in [-0.1, -0.05) is 127 Å². The summed E-state index contributed by atoms with van der Waals surface area (Å²) in [7, 11) is 0. The third-order valence-electron chi connectivity index (χ3n) is 8.37. The first kappa shape index (κ1) is 30.9. The molecular formula is C43H38O5. The molecule has 6 aromatic carbocycles. The van der Waals surface area contributed by atoms with E-state index in [0.717, 1.165) is 57.7 Å². The van der Waals surface area contributed by atoms with Gasteiger partial charge in [-0.3, -0.25) is 0 Å². The van der Waals surface area contributed by atoms with Gasteiger partial charge >= 0.3 is 0 Å². The highest BCUT2D eigenvalue weighted by Crippen LogP contribution is 2.44. The average molecular weight is 635 g/mol. The first-order chi connectivity index (χ1) is 23.8. The number of ether oxygens (including phenoxy) is 5. The van der Waals surface area contributed by atoms with E-state index in [0.29, 0.717) is 43.7 Å². The molecule has 0 bridgehead atoms. The lowest BCUT2D eigenvalue weighted by Gasteiger charge is -2.29. The van der Waals surface area contributed by atoms with Crippen LogP contribution in [0.25, 0.3) is 0 Å². The van der Waals surface area contributed by atoms with Gasteiger partial charge in [0.05, 0.1) is 0 Å². The Balaban J connectivity index is 1.14. The topological polar surface area (TPSA) is 46.2 Å². The van der Waals surface area contributed by atoms with E-state index in [9.17, 15) is 0 Å². The van der Waals surface area contributed by atoms with Crippen molar-refractivity contribution in [2.24, 2.45) is 0 Å². The minimum absolute atomic E-state index is 0.175. The second-order valence-electron chi connectivity index (χ2n) is 11.8. The third kappa shape index (κ3) is 7.99. The molecule has 0 amide bonds. The van der Waals surface area contributed by atoms with E-state index in [1.807, 2.05) is 91.0 Å². The quantitative estimate of drug-likeness (QED) is 0.127. The van der Waals surface area contributed by atoms with E-state index in [4.69, 9.17) is 23.7 Å². The van der Waals surface area contributed by atoms with E-state index in [1.165, 1.54) is 0 Å². The number of rotatable bonds is 13. The van der Waals surface area contributed by atoms with Gasteiger partial charge in [-0.15, -0.1) is 0 Å². The second-order valence-corrected chi connectivity index (χ2v) is 11.8. The molecule has 240 valence electrons. The molecular weight excluding hydrogens is 596 g/mol. The molecule has 5 heteroatoms. The van der Waals surface area contributed by atoms with Crippen molar-refractivity contribution in [3.8, 4) is 28.7 Å². The fourth-order valence-electron chi connectivity index (χ4n) is 5.79. The van der Waals surface area contributed by atoms with Crippen LogP contribution in [0.2, 0.25) is 0 Å². The van der Waals surface area contributed by atoms with Gasteiger partial charge in [-0.2, -0.15) is 0 Å². The molecule has 1 atom stereocenters. The van der Waals surface area contributed by atoms with Gasteiger partial charge in [0.15, 0.2) is 11.5 Å². The minimum atomic E-state index is -0.175. The zero-order valence-electron chi connectivity index (χ0n) is 26.8. The van der Waals surface area contributed by atoms with E-state index in [-0.39, 0.29) is 6.10 Å². The lowest BCUT2D eigenvalue weighted by atomic mass is 9.96. The molecule has 0 fully saturated rings. The first-order valence-electron chi connectivity index (χ1n) is 16.4. The van der Waals surface area contributed by atoms with Crippen LogP contribution in [0.5, 0.6) is 28.7 Å². The largest absolute Gasteiger partial charge is 0.489 e. The zero-order chi connectivity index (χ0) is 32.4. The Morgan fingerprint density at radius 2 is 0.938 bits per heavy atom. The van der Waals surface area contributed by atoms with Gasteiger partial charge < -0.3 is 23.7 Å². The summed E-state index contributed by atoms with van der Waals surface area (Å²) in [6, 6.07) is 50.8. The van der Waals surface area contributed by atoms with Crippen LogP contribution in [0, 0.1) is 0 Å². The molecule has 6 aromatic rings. The number of benzene rings is 6. The fraction of sp³-hybridized carbons (Fsp3) is 0.163. The molecule has 1 heterocycles. The normalized spacial score (nSPS) is 13.5. The second kappa shape index (κ2) is 15.3. The maximum atomic E-state index is 6.73.